The standard InChI is InChI=1S/C20H16FN3O4S/c1-27-19(25)16-15(14-4-3-9-29-14)13(10-22)18(23)24(17(16)20(26)28-2)12-7-5-11(21)6-8-12/h3-9,15H,23H2,1-2H3. The van der Waals surface area contributed by atoms with Crippen LogP contribution in [0.5, 0.6) is 0 Å². The largest absolute Gasteiger partial charge is 0.466 e. The van der Waals surface area contributed by atoms with Crippen molar-refractivity contribution in [2.24, 2.45) is 5.73 Å². The molecule has 0 bridgehead atoms. The fourth-order valence-electron chi connectivity index (χ4n) is 3.13. The van der Waals surface area contributed by atoms with Crippen molar-refractivity contribution in [3.05, 3.63) is 75.1 Å². The van der Waals surface area contributed by atoms with Crippen LogP contribution in [0, 0.1) is 17.1 Å². The lowest BCUT2D eigenvalue weighted by Crippen LogP contribution is -2.40. The molecule has 0 aliphatic carbocycles. The van der Waals surface area contributed by atoms with Gasteiger partial charge >= 0.3 is 11.9 Å². The van der Waals surface area contributed by atoms with Gasteiger partial charge in [0.1, 0.15) is 17.3 Å². The predicted octanol–water partition coefficient (Wildman–Crippen LogP) is 2.78. The summed E-state index contributed by atoms with van der Waals surface area (Å²) in [6.07, 6.45) is 0. The van der Waals surface area contributed by atoms with Gasteiger partial charge in [-0.2, -0.15) is 5.26 Å². The van der Waals surface area contributed by atoms with Gasteiger partial charge in [0.05, 0.1) is 37.4 Å². The van der Waals surface area contributed by atoms with Gasteiger partial charge in [-0.05, 0) is 35.7 Å². The SMILES string of the molecule is COC(=O)C1=C(C(=O)OC)N(c2ccc(F)cc2)C(N)=C(C#N)C1c1cccs1. The van der Waals surface area contributed by atoms with Gasteiger partial charge in [0.15, 0.2) is 0 Å². The molecule has 1 unspecified atom stereocenters. The van der Waals surface area contributed by atoms with Crippen LogP contribution in [0.2, 0.25) is 0 Å². The number of nitrogens with zero attached hydrogens (tertiary/aromatic N) is 2. The molecule has 29 heavy (non-hydrogen) atoms. The first-order valence-corrected chi connectivity index (χ1v) is 9.22. The predicted molar refractivity (Wildman–Crippen MR) is 104 cm³/mol. The van der Waals surface area contributed by atoms with Crippen molar-refractivity contribution in [1.29, 1.82) is 5.26 Å². The molecule has 1 aromatic heterocycles. The average molecular weight is 413 g/mol. The number of carbonyl (C=O) groups excluding carboxylic acids is 2. The van der Waals surface area contributed by atoms with E-state index in [1.807, 2.05) is 6.07 Å². The smallest absolute Gasteiger partial charge is 0.355 e. The number of allylic oxidation sites excluding steroid dienone is 1. The molecule has 0 spiro atoms. The quantitative estimate of drug-likeness (QED) is 0.768. The first-order valence-electron chi connectivity index (χ1n) is 8.34. The third-order valence-corrected chi connectivity index (χ3v) is 5.33. The van der Waals surface area contributed by atoms with Crippen molar-refractivity contribution in [2.45, 2.75) is 5.92 Å². The van der Waals surface area contributed by atoms with Gasteiger partial charge in [-0.3, -0.25) is 4.90 Å². The minimum Gasteiger partial charge on any atom is -0.466 e. The molecule has 7 nitrogen and oxygen atoms in total. The van der Waals surface area contributed by atoms with Crippen molar-refractivity contribution >= 4 is 29.0 Å². The summed E-state index contributed by atoms with van der Waals surface area (Å²) in [6.45, 7) is 0. The number of nitrogens with two attached hydrogens (primary N) is 1. The maximum absolute atomic E-state index is 13.4. The van der Waals surface area contributed by atoms with E-state index in [2.05, 4.69) is 0 Å². The Hall–Kier alpha value is -3.64. The molecule has 9 heteroatoms. The van der Waals surface area contributed by atoms with Crippen LogP contribution in [0.4, 0.5) is 10.1 Å². The number of carbonyl (C=O) groups is 2. The van der Waals surface area contributed by atoms with Gasteiger partial charge in [-0.1, -0.05) is 6.07 Å². The van der Waals surface area contributed by atoms with Gasteiger partial charge in [0.25, 0.3) is 0 Å². The van der Waals surface area contributed by atoms with Crippen molar-refractivity contribution in [2.75, 3.05) is 19.1 Å². The van der Waals surface area contributed by atoms with Crippen molar-refractivity contribution in [3.8, 4) is 6.07 Å². The minimum atomic E-state index is -0.904. The van der Waals surface area contributed by atoms with Crippen LogP contribution in [0.3, 0.4) is 0 Å². The lowest BCUT2D eigenvalue weighted by Gasteiger charge is -2.35. The molecule has 2 heterocycles. The monoisotopic (exact) mass is 413 g/mol. The normalized spacial score (nSPS) is 16.5. The molecule has 148 valence electrons. The summed E-state index contributed by atoms with van der Waals surface area (Å²) in [4.78, 5) is 27.3. The fourth-order valence-corrected chi connectivity index (χ4v) is 3.98. The van der Waals surface area contributed by atoms with Crippen molar-refractivity contribution < 1.29 is 23.5 Å². The Morgan fingerprint density at radius 1 is 1.17 bits per heavy atom. The molecule has 3 rings (SSSR count). The highest BCUT2D eigenvalue weighted by Crippen LogP contribution is 2.44. The number of rotatable bonds is 4. The van der Waals surface area contributed by atoms with E-state index in [1.165, 1.54) is 47.6 Å². The summed E-state index contributed by atoms with van der Waals surface area (Å²) in [5, 5.41) is 11.6. The summed E-state index contributed by atoms with van der Waals surface area (Å²) >= 11 is 1.30. The number of benzene rings is 1. The maximum atomic E-state index is 13.4. The lowest BCUT2D eigenvalue weighted by atomic mass is 9.84. The summed E-state index contributed by atoms with van der Waals surface area (Å²) < 4.78 is 23.2. The van der Waals surface area contributed by atoms with Gasteiger partial charge < -0.3 is 15.2 Å². The highest BCUT2D eigenvalue weighted by atomic mass is 32.1. The van der Waals surface area contributed by atoms with Crippen LogP contribution < -0.4 is 10.6 Å². The van der Waals surface area contributed by atoms with E-state index in [9.17, 15) is 19.2 Å². The number of esters is 2. The van der Waals surface area contributed by atoms with E-state index in [1.54, 1.807) is 17.5 Å². The Morgan fingerprint density at radius 3 is 2.34 bits per heavy atom. The zero-order valence-corrected chi connectivity index (χ0v) is 16.3. The molecular formula is C20H16FN3O4S. The van der Waals surface area contributed by atoms with E-state index in [0.717, 1.165) is 7.11 Å². The van der Waals surface area contributed by atoms with Gasteiger partial charge in [0, 0.05) is 10.6 Å². The van der Waals surface area contributed by atoms with Crippen LogP contribution >= 0.6 is 11.3 Å². The molecule has 1 aliphatic heterocycles. The number of halogens is 1. The highest BCUT2D eigenvalue weighted by Gasteiger charge is 2.43. The molecule has 1 aliphatic rings. The second kappa shape index (κ2) is 8.16. The molecule has 1 aromatic carbocycles. The third-order valence-electron chi connectivity index (χ3n) is 4.39. The van der Waals surface area contributed by atoms with E-state index in [0.29, 0.717) is 4.88 Å². The molecule has 2 N–H and O–H groups in total. The van der Waals surface area contributed by atoms with Crippen LogP contribution in [-0.2, 0) is 19.1 Å². The molecular weight excluding hydrogens is 397 g/mol. The van der Waals surface area contributed by atoms with Gasteiger partial charge in [-0.15, -0.1) is 11.3 Å². The topological polar surface area (TPSA) is 106 Å². The Kier molecular flexibility index (Phi) is 5.66. The number of methoxy groups -OCH3 is 2. The minimum absolute atomic E-state index is 0.0600. The summed E-state index contributed by atoms with van der Waals surface area (Å²) in [5.41, 5.74) is 6.35. The van der Waals surface area contributed by atoms with E-state index in [-0.39, 0.29) is 28.4 Å². The second-order valence-corrected chi connectivity index (χ2v) is 6.90. The van der Waals surface area contributed by atoms with Crippen LogP contribution in [0.25, 0.3) is 0 Å². The van der Waals surface area contributed by atoms with E-state index < -0.39 is 23.7 Å². The van der Waals surface area contributed by atoms with Gasteiger partial charge in [0.2, 0.25) is 0 Å². The van der Waals surface area contributed by atoms with Crippen LogP contribution in [0.15, 0.2) is 64.4 Å². The van der Waals surface area contributed by atoms with Gasteiger partial charge in [-0.25, -0.2) is 14.0 Å². The fraction of sp³-hybridized carbons (Fsp3) is 0.150. The number of anilines is 1. The number of ether oxygens (including phenoxy) is 2. The Balaban J connectivity index is 2.38. The van der Waals surface area contributed by atoms with E-state index >= 15 is 0 Å². The molecule has 1 atom stereocenters. The Bertz CT molecular complexity index is 1050. The number of hydrogen-bond acceptors (Lipinski definition) is 8. The summed E-state index contributed by atoms with van der Waals surface area (Å²) in [7, 11) is 2.33. The highest BCUT2D eigenvalue weighted by molar-refractivity contribution is 7.10. The summed E-state index contributed by atoms with van der Waals surface area (Å²) in [6, 6.07) is 10.6. The maximum Gasteiger partial charge on any atom is 0.355 e. The zero-order chi connectivity index (χ0) is 21.1. The lowest BCUT2D eigenvalue weighted by molar-refractivity contribution is -0.139. The first-order chi connectivity index (χ1) is 13.9. The third kappa shape index (κ3) is 3.46. The molecule has 2 aromatic rings. The molecule has 0 saturated heterocycles. The van der Waals surface area contributed by atoms with Crippen molar-refractivity contribution in [3.63, 3.8) is 0 Å². The Labute approximate surface area is 170 Å². The van der Waals surface area contributed by atoms with Crippen LogP contribution in [-0.4, -0.2) is 26.2 Å². The zero-order valence-electron chi connectivity index (χ0n) is 15.5. The Morgan fingerprint density at radius 2 is 1.83 bits per heavy atom. The number of nitriles is 1. The molecule has 0 amide bonds. The number of hydrogen-bond donors (Lipinski definition) is 1. The molecule has 0 radical (unpaired) electrons. The van der Waals surface area contributed by atoms with Crippen molar-refractivity contribution in [1.82, 2.24) is 0 Å². The van der Waals surface area contributed by atoms with E-state index in [4.69, 9.17) is 15.2 Å². The summed E-state index contributed by atoms with van der Waals surface area (Å²) in [5.74, 6) is -3.13. The first kappa shape index (κ1) is 20.1. The molecule has 0 fully saturated rings. The molecule has 0 saturated carbocycles. The second-order valence-electron chi connectivity index (χ2n) is 5.92. The van der Waals surface area contributed by atoms with Crippen LogP contribution in [0.1, 0.15) is 10.8 Å². The number of thiophene rings is 1. The average Bonchev–Trinajstić information content (AvgIpc) is 3.27.